The van der Waals surface area contributed by atoms with E-state index >= 15 is 0 Å². The summed E-state index contributed by atoms with van der Waals surface area (Å²) in [7, 11) is 0. The highest BCUT2D eigenvalue weighted by Gasteiger charge is 2.33. The highest BCUT2D eigenvalue weighted by atomic mass is 32.1. The van der Waals surface area contributed by atoms with E-state index < -0.39 is 30.7 Å². The largest absolute Gasteiger partial charge is 0.433 e. The normalized spacial score (nSPS) is 11.7. The molecular weight excluding hydrogens is 277 g/mol. The number of rotatable bonds is 4. The standard InChI is InChI=1S/C9H8F5N3S/c10-6(11)3-16-8-4(7(15)18)1-2-5(17-8)9(12,13)14/h1-2,6H,3H2,(H2,15,18)(H,16,17). The molecule has 3 N–H and O–H groups in total. The maximum atomic E-state index is 12.4. The van der Waals surface area contributed by atoms with Gasteiger partial charge in [0.1, 0.15) is 16.5 Å². The summed E-state index contributed by atoms with van der Waals surface area (Å²) in [4.78, 5) is 2.97. The van der Waals surface area contributed by atoms with Gasteiger partial charge in [-0.2, -0.15) is 13.2 Å². The van der Waals surface area contributed by atoms with Gasteiger partial charge in [0.05, 0.1) is 12.1 Å². The predicted molar refractivity (Wildman–Crippen MR) is 59.6 cm³/mol. The number of nitrogens with one attached hydrogen (secondary N) is 1. The first-order valence-corrected chi connectivity index (χ1v) is 5.02. The van der Waals surface area contributed by atoms with Crippen molar-refractivity contribution in [2.24, 2.45) is 5.73 Å². The Morgan fingerprint density at radius 3 is 2.44 bits per heavy atom. The summed E-state index contributed by atoms with van der Waals surface area (Å²) in [6.07, 6.45) is -7.41. The van der Waals surface area contributed by atoms with Crippen LogP contribution in [0.15, 0.2) is 12.1 Å². The summed E-state index contributed by atoms with van der Waals surface area (Å²) < 4.78 is 61.2. The number of hydrogen-bond donors (Lipinski definition) is 2. The first-order chi connectivity index (χ1) is 8.21. The molecule has 0 aliphatic heterocycles. The van der Waals surface area contributed by atoms with Gasteiger partial charge in [0, 0.05) is 0 Å². The zero-order chi connectivity index (χ0) is 13.9. The van der Waals surface area contributed by atoms with Crippen LogP contribution in [0.25, 0.3) is 0 Å². The third-order valence-corrected chi connectivity index (χ3v) is 2.09. The van der Waals surface area contributed by atoms with Gasteiger partial charge >= 0.3 is 6.18 Å². The number of aromatic nitrogens is 1. The number of anilines is 1. The molecule has 0 aliphatic carbocycles. The first kappa shape index (κ1) is 14.6. The molecule has 0 atom stereocenters. The average Bonchev–Trinajstić information content (AvgIpc) is 2.24. The number of pyridine rings is 1. The van der Waals surface area contributed by atoms with Crippen molar-refractivity contribution < 1.29 is 22.0 Å². The minimum atomic E-state index is -4.67. The summed E-state index contributed by atoms with van der Waals surface area (Å²) in [6.45, 7) is -0.843. The van der Waals surface area contributed by atoms with Crippen molar-refractivity contribution in [3.05, 3.63) is 23.4 Å². The van der Waals surface area contributed by atoms with Crippen molar-refractivity contribution in [1.29, 1.82) is 0 Å². The van der Waals surface area contributed by atoms with Crippen molar-refractivity contribution in [1.82, 2.24) is 4.98 Å². The van der Waals surface area contributed by atoms with Crippen LogP contribution in [0, 0.1) is 0 Å². The van der Waals surface area contributed by atoms with Crippen LogP contribution in [-0.4, -0.2) is 22.9 Å². The lowest BCUT2D eigenvalue weighted by atomic mass is 10.2. The van der Waals surface area contributed by atoms with Crippen molar-refractivity contribution in [2.75, 3.05) is 11.9 Å². The van der Waals surface area contributed by atoms with Gasteiger partial charge in [-0.15, -0.1) is 0 Å². The molecule has 18 heavy (non-hydrogen) atoms. The molecule has 1 rings (SSSR count). The SMILES string of the molecule is NC(=S)c1ccc(C(F)(F)F)nc1NCC(F)F. The molecule has 0 amide bonds. The third-order valence-electron chi connectivity index (χ3n) is 1.87. The maximum Gasteiger partial charge on any atom is 0.433 e. The van der Waals surface area contributed by atoms with E-state index in [1.54, 1.807) is 0 Å². The lowest BCUT2D eigenvalue weighted by molar-refractivity contribution is -0.141. The summed E-state index contributed by atoms with van der Waals surface area (Å²) in [5.74, 6) is -0.405. The third kappa shape index (κ3) is 3.76. The van der Waals surface area contributed by atoms with Crippen LogP contribution in [0.5, 0.6) is 0 Å². The second-order valence-electron chi connectivity index (χ2n) is 3.23. The van der Waals surface area contributed by atoms with E-state index in [1.807, 2.05) is 0 Å². The van der Waals surface area contributed by atoms with Crippen LogP contribution in [0.3, 0.4) is 0 Å². The van der Waals surface area contributed by atoms with Crippen LogP contribution in [0.2, 0.25) is 0 Å². The van der Waals surface area contributed by atoms with Gasteiger partial charge in [0.15, 0.2) is 0 Å². The Balaban J connectivity index is 3.12. The number of hydrogen-bond acceptors (Lipinski definition) is 3. The number of nitrogens with two attached hydrogens (primary N) is 1. The number of nitrogens with zero attached hydrogens (tertiary/aromatic N) is 1. The molecule has 1 aromatic rings. The molecule has 0 aliphatic rings. The van der Waals surface area contributed by atoms with E-state index in [9.17, 15) is 22.0 Å². The second-order valence-corrected chi connectivity index (χ2v) is 3.67. The Bertz CT molecular complexity index is 446. The Hall–Kier alpha value is -1.51. The molecule has 1 heterocycles. The van der Waals surface area contributed by atoms with E-state index in [0.717, 1.165) is 6.07 Å². The molecular formula is C9H8F5N3S. The minimum absolute atomic E-state index is 0.0151. The fraction of sp³-hybridized carbons (Fsp3) is 0.333. The van der Waals surface area contributed by atoms with Gasteiger partial charge in [-0.1, -0.05) is 12.2 Å². The van der Waals surface area contributed by atoms with E-state index in [-0.39, 0.29) is 10.6 Å². The van der Waals surface area contributed by atoms with E-state index in [2.05, 4.69) is 22.5 Å². The summed E-state index contributed by atoms with van der Waals surface area (Å²) in [6, 6.07) is 1.67. The summed E-state index contributed by atoms with van der Waals surface area (Å²) >= 11 is 4.60. The van der Waals surface area contributed by atoms with Crippen molar-refractivity contribution >= 4 is 23.0 Å². The molecule has 0 saturated heterocycles. The van der Waals surface area contributed by atoms with Crippen LogP contribution in [0.4, 0.5) is 27.8 Å². The molecule has 3 nitrogen and oxygen atoms in total. The first-order valence-electron chi connectivity index (χ1n) is 4.62. The summed E-state index contributed by atoms with van der Waals surface area (Å²) in [5, 5.41) is 2.08. The molecule has 0 radical (unpaired) electrons. The smallest absolute Gasteiger partial charge is 0.389 e. The minimum Gasteiger partial charge on any atom is -0.389 e. The lowest BCUT2D eigenvalue weighted by Gasteiger charge is -2.13. The van der Waals surface area contributed by atoms with Crippen molar-refractivity contribution in [3.8, 4) is 0 Å². The van der Waals surface area contributed by atoms with Gasteiger partial charge in [-0.25, -0.2) is 13.8 Å². The van der Waals surface area contributed by atoms with Crippen molar-refractivity contribution in [3.63, 3.8) is 0 Å². The van der Waals surface area contributed by atoms with Crippen LogP contribution < -0.4 is 11.1 Å². The Morgan fingerprint density at radius 2 is 2.00 bits per heavy atom. The quantitative estimate of drug-likeness (QED) is 0.659. The molecule has 0 unspecified atom stereocenters. The monoisotopic (exact) mass is 285 g/mol. The average molecular weight is 285 g/mol. The zero-order valence-corrected chi connectivity index (χ0v) is 9.58. The van der Waals surface area contributed by atoms with Gasteiger partial charge in [-0.05, 0) is 12.1 Å². The second kappa shape index (κ2) is 5.42. The fourth-order valence-electron chi connectivity index (χ4n) is 1.12. The van der Waals surface area contributed by atoms with Gasteiger partial charge < -0.3 is 11.1 Å². The highest BCUT2D eigenvalue weighted by molar-refractivity contribution is 7.80. The molecule has 1 aromatic heterocycles. The fourth-order valence-corrected chi connectivity index (χ4v) is 1.29. The highest BCUT2D eigenvalue weighted by Crippen LogP contribution is 2.29. The van der Waals surface area contributed by atoms with Crippen LogP contribution >= 0.6 is 12.2 Å². The van der Waals surface area contributed by atoms with E-state index in [4.69, 9.17) is 5.73 Å². The number of alkyl halides is 5. The van der Waals surface area contributed by atoms with Crippen molar-refractivity contribution in [2.45, 2.75) is 12.6 Å². The van der Waals surface area contributed by atoms with Crippen LogP contribution in [-0.2, 0) is 6.18 Å². The maximum absolute atomic E-state index is 12.4. The predicted octanol–water partition coefficient (Wildman–Crippen LogP) is 2.41. The molecule has 0 aromatic carbocycles. The van der Waals surface area contributed by atoms with E-state index in [0.29, 0.717) is 6.07 Å². The molecule has 0 spiro atoms. The summed E-state index contributed by atoms with van der Waals surface area (Å²) in [5.41, 5.74) is 4.04. The Labute approximate surface area is 104 Å². The van der Waals surface area contributed by atoms with E-state index in [1.165, 1.54) is 0 Å². The molecule has 0 fully saturated rings. The molecule has 100 valence electrons. The number of halogens is 5. The topological polar surface area (TPSA) is 50.9 Å². The van der Waals surface area contributed by atoms with Crippen LogP contribution in [0.1, 0.15) is 11.3 Å². The Kier molecular flexibility index (Phi) is 4.38. The van der Waals surface area contributed by atoms with Gasteiger partial charge in [0.2, 0.25) is 0 Å². The lowest BCUT2D eigenvalue weighted by Crippen LogP contribution is -2.20. The molecule has 0 bridgehead atoms. The van der Waals surface area contributed by atoms with Gasteiger partial charge in [0.25, 0.3) is 6.43 Å². The number of thiocarbonyl (C=S) groups is 1. The van der Waals surface area contributed by atoms with Gasteiger partial charge in [-0.3, -0.25) is 0 Å². The molecule has 9 heteroatoms. The molecule has 0 saturated carbocycles. The Morgan fingerprint density at radius 1 is 1.39 bits per heavy atom. The zero-order valence-electron chi connectivity index (χ0n) is 8.76.